The lowest BCUT2D eigenvalue weighted by Gasteiger charge is -2.25. The van der Waals surface area contributed by atoms with E-state index in [4.69, 9.17) is 19.7 Å². The van der Waals surface area contributed by atoms with Crippen molar-refractivity contribution >= 4 is 36.4 Å². The lowest BCUT2D eigenvalue weighted by Crippen LogP contribution is -2.40. The monoisotopic (exact) mass is 607 g/mol. The normalized spacial score (nSPS) is 13.2. The quantitative estimate of drug-likeness (QED) is 0.0618. The lowest BCUT2D eigenvalue weighted by atomic mass is 10.1. The van der Waals surface area contributed by atoms with Crippen molar-refractivity contribution in [2.75, 3.05) is 37.2 Å². The van der Waals surface area contributed by atoms with Crippen LogP contribution >= 0.6 is 7.52 Å². The molecule has 13 heteroatoms. The maximum Gasteiger partial charge on any atom is 0.342 e. The molecular formula is C30H38N7O5P. The summed E-state index contributed by atoms with van der Waals surface area (Å²) in [4.78, 5) is 26.1. The number of benzene rings is 2. The molecule has 2 unspecified atom stereocenters. The summed E-state index contributed by atoms with van der Waals surface area (Å²) in [7, 11) is -3.77. The minimum absolute atomic E-state index is 0.0990. The van der Waals surface area contributed by atoms with Gasteiger partial charge in [-0.3, -0.25) is 9.36 Å². The Hall–Kier alpha value is -4.25. The highest BCUT2D eigenvalue weighted by atomic mass is 31.2. The molecule has 2 atom stereocenters. The number of nitrogens with zero attached hydrogens (tertiary/aromatic N) is 4. The molecule has 228 valence electrons. The molecule has 4 aromatic rings. The summed E-state index contributed by atoms with van der Waals surface area (Å²) in [6, 6.07) is 17.3. The van der Waals surface area contributed by atoms with Gasteiger partial charge in [0.1, 0.15) is 18.1 Å². The molecule has 0 aliphatic rings. The van der Waals surface area contributed by atoms with Crippen LogP contribution in [0.5, 0.6) is 5.75 Å². The number of esters is 1. The zero-order valence-corrected chi connectivity index (χ0v) is 25.1. The first-order chi connectivity index (χ1) is 20.9. The topological polar surface area (TPSA) is 156 Å². The molecule has 0 saturated heterocycles. The molecule has 0 bridgehead atoms. The number of unbranched alkanes of at least 4 members (excludes halogenated alkanes) is 1. The zero-order valence-electron chi connectivity index (χ0n) is 24.2. The van der Waals surface area contributed by atoms with Crippen LogP contribution in [0, 0.1) is 0 Å². The Kier molecular flexibility index (Phi) is 11.7. The van der Waals surface area contributed by atoms with E-state index in [1.54, 1.807) is 41.2 Å². The Balaban J connectivity index is 1.49. The number of rotatable bonds is 18. The summed E-state index contributed by atoms with van der Waals surface area (Å²) in [5.41, 5.74) is 7.88. The third-order valence-electron chi connectivity index (χ3n) is 6.29. The molecule has 12 nitrogen and oxygen atoms in total. The minimum atomic E-state index is -3.77. The Bertz CT molecular complexity index is 1520. The number of para-hydroxylation sites is 1. The summed E-state index contributed by atoms with van der Waals surface area (Å²) in [6.07, 6.45) is 4.89. The fourth-order valence-corrected chi connectivity index (χ4v) is 5.88. The number of nitrogens with two attached hydrogens (primary N) is 1. The van der Waals surface area contributed by atoms with Crippen LogP contribution in [-0.2, 0) is 31.8 Å². The number of hydrogen-bond donors (Lipinski definition) is 3. The van der Waals surface area contributed by atoms with Crippen molar-refractivity contribution in [2.45, 2.75) is 38.8 Å². The molecular weight excluding hydrogens is 569 g/mol. The molecule has 0 aliphatic carbocycles. The van der Waals surface area contributed by atoms with Crippen LogP contribution in [0.3, 0.4) is 0 Å². The predicted octanol–water partition coefficient (Wildman–Crippen LogP) is 4.80. The van der Waals surface area contributed by atoms with Crippen LogP contribution in [0.15, 0.2) is 79.6 Å². The van der Waals surface area contributed by atoms with Crippen molar-refractivity contribution in [1.82, 2.24) is 24.6 Å². The summed E-state index contributed by atoms with van der Waals surface area (Å²) >= 11 is 0. The zero-order chi connectivity index (χ0) is 30.5. The fourth-order valence-electron chi connectivity index (χ4n) is 4.19. The molecule has 0 spiro atoms. The SMILES string of the molecule is C=CCNc1nc(N)nc2c1ncn2CCOCP(=O)(NC(Cc1ccccc1)C(=O)OCCCC)Oc1ccccc1. The van der Waals surface area contributed by atoms with Crippen molar-refractivity contribution < 1.29 is 23.4 Å². The fraction of sp³-hybridized carbons (Fsp3) is 0.333. The molecule has 4 rings (SSSR count). The number of imidazole rings is 1. The standard InChI is InChI=1S/C30H38N7O5P/c1-3-5-18-41-29(38)25(20-23-12-8-6-9-13-23)36-43(39,42-24-14-10-7-11-15-24)22-40-19-17-37-21-33-26-27(32-16-4-2)34-30(31)35-28(26)37/h4,6-15,21,25H,2-3,5,16-20,22H2,1H3,(H,36,39)(H3,31,32,34,35). The number of carbonyl (C=O) groups is 1. The van der Waals surface area contributed by atoms with Gasteiger partial charge in [-0.2, -0.15) is 9.97 Å². The maximum absolute atomic E-state index is 14.2. The average Bonchev–Trinajstić information content (AvgIpc) is 3.41. The van der Waals surface area contributed by atoms with Gasteiger partial charge in [0, 0.05) is 13.1 Å². The van der Waals surface area contributed by atoms with Crippen LogP contribution in [0.4, 0.5) is 11.8 Å². The Morgan fingerprint density at radius 1 is 1.12 bits per heavy atom. The van der Waals surface area contributed by atoms with Gasteiger partial charge < -0.3 is 29.6 Å². The maximum atomic E-state index is 14.2. The third kappa shape index (κ3) is 9.37. The lowest BCUT2D eigenvalue weighted by molar-refractivity contribution is -0.145. The van der Waals surface area contributed by atoms with Gasteiger partial charge in [-0.15, -0.1) is 6.58 Å². The first-order valence-corrected chi connectivity index (χ1v) is 15.9. The van der Waals surface area contributed by atoms with E-state index >= 15 is 0 Å². The summed E-state index contributed by atoms with van der Waals surface area (Å²) < 4.78 is 33.4. The number of fused-ring (bicyclic) bond motifs is 1. The Morgan fingerprint density at radius 2 is 1.86 bits per heavy atom. The summed E-state index contributed by atoms with van der Waals surface area (Å²) in [5.74, 6) is 0.480. The van der Waals surface area contributed by atoms with Crippen molar-refractivity contribution in [2.24, 2.45) is 0 Å². The molecule has 0 amide bonds. The van der Waals surface area contributed by atoms with E-state index in [9.17, 15) is 9.36 Å². The van der Waals surface area contributed by atoms with E-state index in [0.29, 0.717) is 35.8 Å². The van der Waals surface area contributed by atoms with Gasteiger partial charge in [0.2, 0.25) is 5.95 Å². The van der Waals surface area contributed by atoms with Gasteiger partial charge in [-0.25, -0.2) is 10.1 Å². The van der Waals surface area contributed by atoms with E-state index in [-0.39, 0.29) is 31.9 Å². The molecule has 0 fully saturated rings. The summed E-state index contributed by atoms with van der Waals surface area (Å²) in [6.45, 7) is 6.97. The first kappa shape index (κ1) is 31.7. The van der Waals surface area contributed by atoms with Crippen LogP contribution < -0.4 is 20.7 Å². The van der Waals surface area contributed by atoms with Crippen molar-refractivity contribution in [3.63, 3.8) is 0 Å². The number of ether oxygens (including phenoxy) is 2. The number of aromatic nitrogens is 4. The molecule has 43 heavy (non-hydrogen) atoms. The largest absolute Gasteiger partial charge is 0.465 e. The first-order valence-electron chi connectivity index (χ1n) is 14.1. The van der Waals surface area contributed by atoms with E-state index in [2.05, 4.69) is 31.9 Å². The third-order valence-corrected chi connectivity index (χ3v) is 8.02. The second-order valence-electron chi connectivity index (χ2n) is 9.72. The van der Waals surface area contributed by atoms with Crippen LogP contribution in [-0.4, -0.2) is 57.6 Å². The highest BCUT2D eigenvalue weighted by Crippen LogP contribution is 2.44. The molecule has 0 saturated carbocycles. The number of nitrogens with one attached hydrogen (secondary N) is 2. The van der Waals surface area contributed by atoms with Gasteiger partial charge in [-0.05, 0) is 30.5 Å². The van der Waals surface area contributed by atoms with E-state index in [1.165, 1.54) is 0 Å². The smallest absolute Gasteiger partial charge is 0.342 e. The van der Waals surface area contributed by atoms with Gasteiger partial charge in [0.25, 0.3) is 0 Å². The second kappa shape index (κ2) is 15.8. The molecule has 0 aliphatic heterocycles. The van der Waals surface area contributed by atoms with E-state index in [1.807, 2.05) is 43.3 Å². The molecule has 2 heterocycles. The van der Waals surface area contributed by atoms with Crippen LogP contribution in [0.2, 0.25) is 0 Å². The van der Waals surface area contributed by atoms with Crippen molar-refractivity contribution in [3.05, 3.63) is 85.2 Å². The predicted molar refractivity (Wildman–Crippen MR) is 167 cm³/mol. The average molecular weight is 608 g/mol. The van der Waals surface area contributed by atoms with E-state index in [0.717, 1.165) is 18.4 Å². The number of anilines is 2. The Morgan fingerprint density at radius 3 is 2.58 bits per heavy atom. The number of hydrogen-bond acceptors (Lipinski definition) is 10. The molecule has 0 radical (unpaired) electrons. The molecule has 4 N–H and O–H groups in total. The van der Waals surface area contributed by atoms with Gasteiger partial charge in [0.05, 0.1) is 19.5 Å². The minimum Gasteiger partial charge on any atom is -0.465 e. The summed E-state index contributed by atoms with van der Waals surface area (Å²) in [5, 5.41) is 6.08. The highest BCUT2D eigenvalue weighted by Gasteiger charge is 2.33. The molecule has 2 aromatic carbocycles. The molecule has 2 aromatic heterocycles. The number of carbonyl (C=O) groups excluding carboxylic acids is 1. The highest BCUT2D eigenvalue weighted by molar-refractivity contribution is 7.57. The van der Waals surface area contributed by atoms with Gasteiger partial charge in [0.15, 0.2) is 17.0 Å². The second-order valence-corrected chi connectivity index (χ2v) is 11.8. The number of nitrogen functional groups attached to an aromatic ring is 1. The van der Waals surface area contributed by atoms with Gasteiger partial charge in [-0.1, -0.05) is 68.0 Å². The van der Waals surface area contributed by atoms with E-state index < -0.39 is 19.5 Å². The van der Waals surface area contributed by atoms with Crippen LogP contribution in [0.1, 0.15) is 25.3 Å². The Labute approximate surface area is 251 Å². The van der Waals surface area contributed by atoms with Crippen molar-refractivity contribution in [1.29, 1.82) is 0 Å². The van der Waals surface area contributed by atoms with Gasteiger partial charge >= 0.3 is 13.5 Å². The van der Waals surface area contributed by atoms with Crippen molar-refractivity contribution in [3.8, 4) is 5.75 Å². The van der Waals surface area contributed by atoms with Crippen LogP contribution in [0.25, 0.3) is 11.2 Å².